The molecular formula is C17H16ClFN2O2. The molecule has 1 aliphatic heterocycles. The highest BCUT2D eigenvalue weighted by atomic mass is 35.5. The molecule has 0 spiro atoms. The summed E-state index contributed by atoms with van der Waals surface area (Å²) < 4.78 is 19.1. The lowest BCUT2D eigenvalue weighted by atomic mass is 10.1. The quantitative estimate of drug-likeness (QED) is 0.865. The maximum absolute atomic E-state index is 13.2. The van der Waals surface area contributed by atoms with Crippen molar-refractivity contribution < 1.29 is 13.9 Å². The van der Waals surface area contributed by atoms with Crippen LogP contribution in [0.5, 0.6) is 5.75 Å². The molecule has 0 saturated heterocycles. The second-order valence-electron chi connectivity index (χ2n) is 5.29. The van der Waals surface area contributed by atoms with Gasteiger partial charge in [-0.25, -0.2) is 9.18 Å². The van der Waals surface area contributed by atoms with Crippen LogP contribution in [-0.4, -0.2) is 18.7 Å². The number of carbonyl (C=O) groups excluding carboxylic acids is 1. The molecule has 4 nitrogen and oxygen atoms in total. The zero-order valence-corrected chi connectivity index (χ0v) is 13.3. The Labute approximate surface area is 138 Å². The van der Waals surface area contributed by atoms with E-state index in [2.05, 4.69) is 5.32 Å². The van der Waals surface area contributed by atoms with E-state index in [-0.39, 0.29) is 17.2 Å². The Hall–Kier alpha value is -2.27. The van der Waals surface area contributed by atoms with Gasteiger partial charge in [-0.1, -0.05) is 30.7 Å². The highest BCUT2D eigenvalue weighted by molar-refractivity contribution is 6.31. The van der Waals surface area contributed by atoms with Crippen molar-refractivity contribution in [2.45, 2.75) is 19.4 Å². The van der Waals surface area contributed by atoms with Gasteiger partial charge >= 0.3 is 6.03 Å². The first kappa shape index (κ1) is 15.6. The van der Waals surface area contributed by atoms with Crippen molar-refractivity contribution in [2.24, 2.45) is 0 Å². The summed E-state index contributed by atoms with van der Waals surface area (Å²) in [5.74, 6) is 0.158. The fourth-order valence-corrected chi connectivity index (χ4v) is 2.65. The number of amides is 2. The van der Waals surface area contributed by atoms with Crippen LogP contribution in [0.3, 0.4) is 0 Å². The Morgan fingerprint density at radius 2 is 2.17 bits per heavy atom. The van der Waals surface area contributed by atoms with Gasteiger partial charge in [0.05, 0.1) is 17.3 Å². The van der Waals surface area contributed by atoms with E-state index in [1.165, 1.54) is 18.2 Å². The van der Waals surface area contributed by atoms with Crippen molar-refractivity contribution in [2.75, 3.05) is 16.8 Å². The Morgan fingerprint density at radius 1 is 1.39 bits per heavy atom. The first-order valence-corrected chi connectivity index (χ1v) is 7.75. The number of hydrogen-bond donors (Lipinski definition) is 1. The zero-order chi connectivity index (χ0) is 16.4. The van der Waals surface area contributed by atoms with Crippen LogP contribution in [0, 0.1) is 5.82 Å². The molecule has 2 aromatic carbocycles. The first-order valence-electron chi connectivity index (χ1n) is 7.37. The van der Waals surface area contributed by atoms with Crippen LogP contribution in [-0.2, 0) is 0 Å². The standard InChI is InChI=1S/C17H16ClFN2O2/c1-2-12-10-21(15-5-3-4-6-16(15)23-12)17(22)20-11-7-8-14(19)13(18)9-11/h3-9,12H,2,10H2,1H3,(H,20,22)/t12-/m1/s1. The van der Waals surface area contributed by atoms with Crippen LogP contribution in [0.2, 0.25) is 5.02 Å². The number of ether oxygens (including phenoxy) is 1. The van der Waals surface area contributed by atoms with Crippen LogP contribution in [0.25, 0.3) is 0 Å². The van der Waals surface area contributed by atoms with E-state index in [4.69, 9.17) is 16.3 Å². The van der Waals surface area contributed by atoms with Crippen molar-refractivity contribution in [3.05, 3.63) is 53.3 Å². The van der Waals surface area contributed by atoms with Crippen LogP contribution in [0.1, 0.15) is 13.3 Å². The minimum Gasteiger partial charge on any atom is -0.486 e. The number of fused-ring (bicyclic) bond motifs is 1. The summed E-state index contributed by atoms with van der Waals surface area (Å²) in [5.41, 5.74) is 1.15. The van der Waals surface area contributed by atoms with Gasteiger partial charge in [-0.3, -0.25) is 4.90 Å². The third-order valence-corrected chi connectivity index (χ3v) is 4.00. The maximum Gasteiger partial charge on any atom is 0.326 e. The summed E-state index contributed by atoms with van der Waals surface area (Å²) in [4.78, 5) is 14.2. The molecule has 120 valence electrons. The molecule has 0 bridgehead atoms. The molecule has 0 radical (unpaired) electrons. The summed E-state index contributed by atoms with van der Waals surface area (Å²) in [6.07, 6.45) is 0.730. The monoisotopic (exact) mass is 334 g/mol. The minimum atomic E-state index is -0.521. The molecule has 1 atom stereocenters. The van der Waals surface area contributed by atoms with Crippen molar-refractivity contribution in [3.63, 3.8) is 0 Å². The number of nitrogens with zero attached hydrogens (tertiary/aromatic N) is 1. The highest BCUT2D eigenvalue weighted by Crippen LogP contribution is 2.34. The number of halogens is 2. The lowest BCUT2D eigenvalue weighted by molar-refractivity contribution is 0.188. The number of urea groups is 1. The third-order valence-electron chi connectivity index (χ3n) is 3.71. The van der Waals surface area contributed by atoms with Gasteiger partial charge < -0.3 is 10.1 Å². The first-order chi connectivity index (χ1) is 11.1. The van der Waals surface area contributed by atoms with E-state index >= 15 is 0 Å². The van der Waals surface area contributed by atoms with E-state index in [1.54, 1.807) is 4.90 Å². The van der Waals surface area contributed by atoms with Crippen molar-refractivity contribution in [1.29, 1.82) is 0 Å². The molecule has 1 heterocycles. The van der Waals surface area contributed by atoms with Gasteiger partial charge in [0.25, 0.3) is 0 Å². The van der Waals surface area contributed by atoms with Gasteiger partial charge in [0, 0.05) is 5.69 Å². The molecule has 0 unspecified atom stereocenters. The summed E-state index contributed by atoms with van der Waals surface area (Å²) in [7, 11) is 0. The highest BCUT2D eigenvalue weighted by Gasteiger charge is 2.28. The van der Waals surface area contributed by atoms with Crippen LogP contribution < -0.4 is 15.0 Å². The second kappa shape index (κ2) is 6.46. The molecule has 0 aromatic heterocycles. The molecular weight excluding hydrogens is 319 g/mol. The third kappa shape index (κ3) is 3.24. The summed E-state index contributed by atoms with van der Waals surface area (Å²) in [6.45, 7) is 2.46. The van der Waals surface area contributed by atoms with Gasteiger partial charge in [0.2, 0.25) is 0 Å². The van der Waals surface area contributed by atoms with Crippen molar-refractivity contribution >= 4 is 29.0 Å². The normalized spacial score (nSPS) is 16.5. The Balaban J connectivity index is 1.84. The van der Waals surface area contributed by atoms with E-state index in [1.807, 2.05) is 31.2 Å². The lowest BCUT2D eigenvalue weighted by Crippen LogP contribution is -2.45. The summed E-state index contributed by atoms with van der Waals surface area (Å²) >= 11 is 5.75. The Kier molecular flexibility index (Phi) is 4.39. The predicted octanol–water partition coefficient (Wildman–Crippen LogP) is 4.69. The number of rotatable bonds is 2. The van der Waals surface area contributed by atoms with E-state index in [0.29, 0.717) is 23.7 Å². The molecule has 2 amide bonds. The summed E-state index contributed by atoms with van der Waals surface area (Å²) in [6, 6.07) is 11.2. The number of anilines is 2. The molecule has 23 heavy (non-hydrogen) atoms. The topological polar surface area (TPSA) is 41.6 Å². The number of carbonyl (C=O) groups is 1. The predicted molar refractivity (Wildman–Crippen MR) is 88.9 cm³/mol. The second-order valence-corrected chi connectivity index (χ2v) is 5.69. The maximum atomic E-state index is 13.2. The zero-order valence-electron chi connectivity index (χ0n) is 12.6. The number of hydrogen-bond acceptors (Lipinski definition) is 2. The van der Waals surface area contributed by atoms with E-state index in [0.717, 1.165) is 6.42 Å². The number of benzene rings is 2. The fraction of sp³-hybridized carbons (Fsp3) is 0.235. The van der Waals surface area contributed by atoms with Gasteiger partial charge in [-0.2, -0.15) is 0 Å². The molecule has 1 N–H and O–H groups in total. The molecule has 6 heteroatoms. The SMILES string of the molecule is CC[C@@H]1CN(C(=O)Nc2ccc(F)c(Cl)c2)c2ccccc2O1. The van der Waals surface area contributed by atoms with E-state index in [9.17, 15) is 9.18 Å². The van der Waals surface area contributed by atoms with Crippen LogP contribution >= 0.6 is 11.6 Å². The van der Waals surface area contributed by atoms with Crippen LogP contribution in [0.4, 0.5) is 20.6 Å². The van der Waals surface area contributed by atoms with Crippen LogP contribution in [0.15, 0.2) is 42.5 Å². The largest absolute Gasteiger partial charge is 0.486 e. The molecule has 0 aliphatic carbocycles. The van der Waals surface area contributed by atoms with Gasteiger partial charge in [0.1, 0.15) is 17.7 Å². The van der Waals surface area contributed by atoms with E-state index < -0.39 is 5.82 Å². The Bertz CT molecular complexity index is 738. The smallest absolute Gasteiger partial charge is 0.326 e. The average molecular weight is 335 g/mol. The molecule has 0 fully saturated rings. The van der Waals surface area contributed by atoms with Gasteiger partial charge in [-0.15, -0.1) is 0 Å². The van der Waals surface area contributed by atoms with Crippen molar-refractivity contribution in [3.8, 4) is 5.75 Å². The minimum absolute atomic E-state index is 0.0309. The number of nitrogens with one attached hydrogen (secondary N) is 1. The van der Waals surface area contributed by atoms with Gasteiger partial charge in [-0.05, 0) is 36.8 Å². The molecule has 1 aliphatic rings. The number of para-hydroxylation sites is 2. The lowest BCUT2D eigenvalue weighted by Gasteiger charge is -2.34. The van der Waals surface area contributed by atoms with Gasteiger partial charge in [0.15, 0.2) is 0 Å². The summed E-state index contributed by atoms with van der Waals surface area (Å²) in [5, 5.41) is 2.71. The molecule has 3 rings (SSSR count). The molecule has 0 saturated carbocycles. The molecule has 2 aromatic rings. The van der Waals surface area contributed by atoms with Crippen molar-refractivity contribution in [1.82, 2.24) is 0 Å². The Morgan fingerprint density at radius 3 is 2.91 bits per heavy atom. The average Bonchev–Trinajstić information content (AvgIpc) is 2.57. The fourth-order valence-electron chi connectivity index (χ4n) is 2.47.